The molecule has 108 valence electrons. The number of nitrogens with zero attached hydrogens (tertiary/aromatic N) is 2. The first-order valence-electron chi connectivity index (χ1n) is 6.74. The molecule has 0 N–H and O–H groups in total. The van der Waals surface area contributed by atoms with Gasteiger partial charge in [0.1, 0.15) is 12.4 Å². The monoisotopic (exact) mass is 292 g/mol. The third kappa shape index (κ3) is 2.34. The van der Waals surface area contributed by atoms with Crippen molar-refractivity contribution in [1.29, 1.82) is 0 Å². The first-order chi connectivity index (χ1) is 10.6. The van der Waals surface area contributed by atoms with Gasteiger partial charge in [-0.25, -0.2) is 0 Å². The predicted octanol–water partition coefficient (Wildman–Crippen LogP) is 1.45. The predicted molar refractivity (Wildman–Crippen MR) is 81.1 cm³/mol. The first-order valence-corrected chi connectivity index (χ1v) is 6.74. The Kier molecular flexibility index (Phi) is 3.41. The molecule has 3 rings (SSSR count). The third-order valence-electron chi connectivity index (χ3n) is 3.54. The smallest absolute Gasteiger partial charge is 0.410 e. The van der Waals surface area contributed by atoms with Crippen molar-refractivity contribution in [2.75, 3.05) is 0 Å². The van der Waals surface area contributed by atoms with Crippen LogP contribution in [0.3, 0.4) is 0 Å². The van der Waals surface area contributed by atoms with Gasteiger partial charge in [-0.05, 0) is 30.7 Å². The first kappa shape index (κ1) is 13.9. The normalized spacial score (nSPS) is 10.6. The van der Waals surface area contributed by atoms with Crippen molar-refractivity contribution in [2.45, 2.75) is 13.5 Å². The molecule has 22 heavy (non-hydrogen) atoms. The molecule has 0 amide bonds. The van der Waals surface area contributed by atoms with Gasteiger partial charge < -0.3 is 10.3 Å². The van der Waals surface area contributed by atoms with E-state index in [-0.39, 0.29) is 10.8 Å². The fourth-order valence-corrected chi connectivity index (χ4v) is 2.30. The Morgan fingerprint density at radius 2 is 1.68 bits per heavy atom. The average molecular weight is 292 g/mol. The molecule has 0 aliphatic rings. The zero-order chi connectivity index (χ0) is 15.7. The van der Waals surface area contributed by atoms with Crippen LogP contribution in [0.2, 0.25) is 0 Å². The lowest BCUT2D eigenvalue weighted by Gasteiger charge is -2.06. The summed E-state index contributed by atoms with van der Waals surface area (Å²) in [6.07, 6.45) is 0. The topological polar surface area (TPSA) is 79.8 Å². The third-order valence-corrected chi connectivity index (χ3v) is 3.54. The molecule has 0 heterocycles. The Labute approximate surface area is 125 Å². The summed E-state index contributed by atoms with van der Waals surface area (Å²) in [5, 5.41) is -0.00891. The van der Waals surface area contributed by atoms with E-state index in [1.165, 1.54) is 17.7 Å². The second kappa shape index (κ2) is 5.39. The molecule has 3 aromatic rings. The molecule has 0 atom stereocenters. The molecule has 3 aromatic carbocycles. The van der Waals surface area contributed by atoms with Crippen LogP contribution in [0, 0.1) is 6.92 Å². The minimum atomic E-state index is -0.580. The van der Waals surface area contributed by atoms with Gasteiger partial charge in [0.25, 0.3) is 10.9 Å². The fraction of sp³-hybridized carbons (Fsp3) is 0.118. The Morgan fingerprint density at radius 1 is 1.00 bits per heavy atom. The van der Waals surface area contributed by atoms with Crippen LogP contribution in [0.5, 0.6) is 5.75 Å². The molecule has 0 aromatic heterocycles. The lowest BCUT2D eigenvalue weighted by molar-refractivity contribution is -0.0674. The van der Waals surface area contributed by atoms with Crippen LogP contribution in [-0.4, -0.2) is 4.79 Å². The molecule has 5 heteroatoms. The lowest BCUT2D eigenvalue weighted by Crippen LogP contribution is -2.32. The van der Waals surface area contributed by atoms with Crippen LogP contribution in [0.1, 0.15) is 11.1 Å². The van der Waals surface area contributed by atoms with Crippen LogP contribution in [0.4, 0.5) is 0 Å². The van der Waals surface area contributed by atoms with Gasteiger partial charge in [-0.15, -0.1) is 0 Å². The van der Waals surface area contributed by atoms with Crippen molar-refractivity contribution < 1.29 is 9.53 Å². The molecule has 0 aliphatic heterocycles. The van der Waals surface area contributed by atoms with E-state index in [2.05, 4.69) is 4.79 Å². The number of fused-ring (bicyclic) bond motifs is 1. The molecule has 0 bridgehead atoms. The zero-order valence-corrected chi connectivity index (χ0v) is 11.9. The summed E-state index contributed by atoms with van der Waals surface area (Å²) < 4.78 is 5.64. The Balaban J connectivity index is 1.94. The van der Waals surface area contributed by atoms with Crippen LogP contribution in [0.15, 0.2) is 52.1 Å². The maximum Gasteiger partial charge on any atom is 0.410 e. The van der Waals surface area contributed by atoms with Crippen molar-refractivity contribution in [3.63, 3.8) is 0 Å². The van der Waals surface area contributed by atoms with Gasteiger partial charge in [0.2, 0.25) is 0 Å². The number of aryl methyl sites for hydroxylation is 1. The molecule has 0 unspecified atom stereocenters. The maximum atomic E-state index is 11.9. The largest absolute Gasteiger partial charge is 0.489 e. The molecule has 0 saturated carbocycles. The average Bonchev–Trinajstić information content (AvgIpc) is 2.77. The SMILES string of the molecule is Cc1ccc(COc2ccc3c(=O)c(=[N+]=[N-])c(=O)c3c2)cc1. The maximum absolute atomic E-state index is 11.9. The number of ether oxygens (including phenoxy) is 1. The van der Waals surface area contributed by atoms with E-state index in [0.717, 1.165) is 5.56 Å². The van der Waals surface area contributed by atoms with Crippen molar-refractivity contribution >= 4 is 10.8 Å². The highest BCUT2D eigenvalue weighted by Crippen LogP contribution is 2.17. The summed E-state index contributed by atoms with van der Waals surface area (Å²) in [6, 6.07) is 12.6. The molecule has 0 aliphatic carbocycles. The summed E-state index contributed by atoms with van der Waals surface area (Å²) in [5.41, 5.74) is 9.77. The highest BCUT2D eigenvalue weighted by molar-refractivity contribution is 5.84. The summed E-state index contributed by atoms with van der Waals surface area (Å²) in [4.78, 5) is 26.5. The number of hydrogen-bond acceptors (Lipinski definition) is 3. The van der Waals surface area contributed by atoms with Crippen LogP contribution >= 0.6 is 0 Å². The van der Waals surface area contributed by atoms with E-state index in [9.17, 15) is 9.59 Å². The van der Waals surface area contributed by atoms with Crippen molar-refractivity contribution in [1.82, 2.24) is 0 Å². The zero-order valence-electron chi connectivity index (χ0n) is 11.9. The van der Waals surface area contributed by atoms with E-state index in [0.29, 0.717) is 12.4 Å². The van der Waals surface area contributed by atoms with Crippen LogP contribution < -0.4 is 21.0 Å². The van der Waals surface area contributed by atoms with Gasteiger partial charge >= 0.3 is 5.36 Å². The lowest BCUT2D eigenvalue weighted by atomic mass is 10.2. The van der Waals surface area contributed by atoms with Crippen LogP contribution in [0.25, 0.3) is 16.3 Å². The Bertz CT molecular complexity index is 1020. The Morgan fingerprint density at radius 3 is 2.36 bits per heavy atom. The summed E-state index contributed by atoms with van der Waals surface area (Å²) in [5.74, 6) is 0.486. The van der Waals surface area contributed by atoms with E-state index in [1.807, 2.05) is 31.2 Å². The fourth-order valence-electron chi connectivity index (χ4n) is 2.30. The standard InChI is InChI=1S/C17H12N2O3/c1-10-2-4-11(5-3-10)9-22-12-6-7-13-14(8-12)17(21)15(19-18)16(13)20/h2-8H,9H2,1H3. The number of benzene rings is 2. The molecule has 0 radical (unpaired) electrons. The van der Waals surface area contributed by atoms with Gasteiger partial charge in [-0.3, -0.25) is 9.59 Å². The van der Waals surface area contributed by atoms with Gasteiger partial charge in [-0.2, -0.15) is 4.79 Å². The molecule has 0 saturated heterocycles. The molecular formula is C17H12N2O3. The highest BCUT2D eigenvalue weighted by Gasteiger charge is 2.16. The van der Waals surface area contributed by atoms with Crippen molar-refractivity contribution in [3.8, 4) is 5.75 Å². The summed E-state index contributed by atoms with van der Waals surface area (Å²) >= 11 is 0. The second-order valence-electron chi connectivity index (χ2n) is 5.09. The van der Waals surface area contributed by atoms with E-state index < -0.39 is 16.2 Å². The minimum Gasteiger partial charge on any atom is -0.489 e. The van der Waals surface area contributed by atoms with Crippen molar-refractivity contribution in [3.05, 3.63) is 84.9 Å². The van der Waals surface area contributed by atoms with Gasteiger partial charge in [0.05, 0.1) is 0 Å². The molecule has 5 nitrogen and oxygen atoms in total. The van der Waals surface area contributed by atoms with E-state index in [4.69, 9.17) is 10.3 Å². The Hall–Kier alpha value is -3.04. The number of hydrogen-bond donors (Lipinski definition) is 0. The summed E-state index contributed by atoms with van der Waals surface area (Å²) in [7, 11) is 0. The van der Waals surface area contributed by atoms with Crippen LogP contribution in [-0.2, 0) is 6.61 Å². The minimum absolute atomic E-state index is 0.208. The molecule has 0 spiro atoms. The molecule has 0 fully saturated rings. The summed E-state index contributed by atoms with van der Waals surface area (Å²) in [6.45, 7) is 2.37. The second-order valence-corrected chi connectivity index (χ2v) is 5.09. The van der Waals surface area contributed by atoms with E-state index >= 15 is 0 Å². The molecular weight excluding hydrogens is 280 g/mol. The van der Waals surface area contributed by atoms with Gasteiger partial charge in [-0.1, -0.05) is 29.8 Å². The number of rotatable bonds is 3. The quantitative estimate of drug-likeness (QED) is 0.541. The highest BCUT2D eigenvalue weighted by atomic mass is 16.5. The van der Waals surface area contributed by atoms with Gasteiger partial charge in [0, 0.05) is 10.8 Å². The van der Waals surface area contributed by atoms with Gasteiger partial charge in [0.15, 0.2) is 0 Å². The van der Waals surface area contributed by atoms with E-state index in [1.54, 1.807) is 6.07 Å². The van der Waals surface area contributed by atoms with Crippen molar-refractivity contribution in [2.24, 2.45) is 0 Å².